The first-order chi connectivity index (χ1) is 0. The van der Waals surface area contributed by atoms with Crippen LogP contribution >= 0.6 is 0 Å². The van der Waals surface area contributed by atoms with Crippen LogP contribution in [-0.4, -0.2) is 21.9 Å². The first-order valence-corrected chi connectivity index (χ1v) is 0. The minimum Gasteiger partial charge on any atom is -0.412 e. The van der Waals surface area contributed by atoms with Crippen molar-refractivity contribution in [2.45, 2.75) is 0 Å². The summed E-state index contributed by atoms with van der Waals surface area (Å²) in [6, 6.07) is 0. The van der Waals surface area contributed by atoms with E-state index < -0.39 is 0 Å². The van der Waals surface area contributed by atoms with Gasteiger partial charge >= 0.3 is 0 Å². The van der Waals surface area contributed by atoms with E-state index in [0.717, 1.165) is 0 Å². The Balaban J connectivity index is 0. The predicted molar refractivity (Wildman–Crippen MR) is 14.5 cm³/mol. The van der Waals surface area contributed by atoms with Crippen LogP contribution in [0.4, 0.5) is 0 Å². The Kier molecular flexibility index (Phi) is 5200. The van der Waals surface area contributed by atoms with Gasteiger partial charge in [-0.25, -0.2) is 0 Å². The SMILES string of the molecule is O.O.O.O.[Fe].[Fe].[Fe]. The van der Waals surface area contributed by atoms with Gasteiger partial charge in [0.1, 0.15) is 0 Å². The van der Waals surface area contributed by atoms with E-state index in [1.807, 2.05) is 0 Å². The summed E-state index contributed by atoms with van der Waals surface area (Å²) in [5.74, 6) is 0. The molecule has 0 aliphatic rings. The van der Waals surface area contributed by atoms with Crippen LogP contribution in [0.15, 0.2) is 0 Å². The maximum Gasteiger partial charge on any atom is 0 e. The van der Waals surface area contributed by atoms with E-state index in [9.17, 15) is 0 Å². The first-order valence-electron chi connectivity index (χ1n) is 0. The van der Waals surface area contributed by atoms with Crippen molar-refractivity contribution in [3.63, 3.8) is 0 Å². The summed E-state index contributed by atoms with van der Waals surface area (Å²) >= 11 is 0. The Morgan fingerprint density at radius 2 is 0.286 bits per heavy atom. The van der Waals surface area contributed by atoms with E-state index in [1.54, 1.807) is 0 Å². The Labute approximate surface area is 73.1 Å². The van der Waals surface area contributed by atoms with Gasteiger partial charge in [0.2, 0.25) is 0 Å². The molecule has 0 aromatic rings. The summed E-state index contributed by atoms with van der Waals surface area (Å²) in [6.07, 6.45) is 0. The van der Waals surface area contributed by atoms with Gasteiger partial charge in [-0.2, -0.15) is 0 Å². The summed E-state index contributed by atoms with van der Waals surface area (Å²) in [4.78, 5) is 0. The summed E-state index contributed by atoms with van der Waals surface area (Å²) in [5, 5.41) is 0. The van der Waals surface area contributed by atoms with Crippen LogP contribution in [-0.2, 0) is 51.2 Å². The van der Waals surface area contributed by atoms with Crippen LogP contribution in [0.2, 0.25) is 0 Å². The summed E-state index contributed by atoms with van der Waals surface area (Å²) in [5.41, 5.74) is 0. The molecule has 0 aromatic heterocycles. The third-order valence-electron chi connectivity index (χ3n) is 0. The molecule has 0 saturated carbocycles. The molecule has 0 heterocycles. The van der Waals surface area contributed by atoms with Crippen molar-refractivity contribution < 1.29 is 73.1 Å². The van der Waals surface area contributed by atoms with Gasteiger partial charge in [0.15, 0.2) is 0 Å². The molecule has 0 aromatic carbocycles. The molecular formula is H8Fe3O4. The van der Waals surface area contributed by atoms with Gasteiger partial charge < -0.3 is 21.9 Å². The Morgan fingerprint density at radius 1 is 0.286 bits per heavy atom. The Morgan fingerprint density at radius 3 is 0.286 bits per heavy atom. The molecule has 0 aliphatic heterocycles. The van der Waals surface area contributed by atoms with Crippen LogP contribution < -0.4 is 0 Å². The van der Waals surface area contributed by atoms with E-state index in [-0.39, 0.29) is 73.1 Å². The van der Waals surface area contributed by atoms with Crippen molar-refractivity contribution in [1.29, 1.82) is 0 Å². The van der Waals surface area contributed by atoms with E-state index in [2.05, 4.69) is 0 Å². The fraction of sp³-hybridized carbons (Fsp3) is 0. The van der Waals surface area contributed by atoms with E-state index >= 15 is 0 Å². The molecule has 0 atom stereocenters. The monoisotopic (exact) mass is 240 g/mol. The van der Waals surface area contributed by atoms with E-state index in [4.69, 9.17) is 0 Å². The van der Waals surface area contributed by atoms with Crippen molar-refractivity contribution in [2.24, 2.45) is 0 Å². The smallest absolute Gasteiger partial charge is 0 e. The van der Waals surface area contributed by atoms with Gasteiger partial charge in [-0.05, 0) is 0 Å². The number of rotatable bonds is 0. The van der Waals surface area contributed by atoms with Crippen molar-refractivity contribution in [1.82, 2.24) is 0 Å². The number of hydrogen-bond acceptors (Lipinski definition) is 0. The molecule has 7 heavy (non-hydrogen) atoms. The zero-order valence-electron chi connectivity index (χ0n) is 3.06. The minimum atomic E-state index is 0. The molecule has 0 rings (SSSR count). The zero-order chi connectivity index (χ0) is 0. The molecular weight excluding hydrogens is 232 g/mol. The topological polar surface area (TPSA) is 126 Å². The van der Waals surface area contributed by atoms with E-state index in [1.165, 1.54) is 0 Å². The maximum atomic E-state index is 0. The molecule has 0 fully saturated rings. The second kappa shape index (κ2) is 155. The molecule has 0 amide bonds. The second-order valence-corrected chi connectivity index (χ2v) is 0. The van der Waals surface area contributed by atoms with Crippen LogP contribution in [0.1, 0.15) is 0 Å². The standard InChI is InChI=1S/3Fe.4H2O/h;;;4*1H2. The molecule has 56 valence electrons. The fourth-order valence-corrected chi connectivity index (χ4v) is 0. The van der Waals surface area contributed by atoms with Crippen molar-refractivity contribution >= 4 is 0 Å². The van der Waals surface area contributed by atoms with Gasteiger partial charge in [-0.15, -0.1) is 0 Å². The van der Waals surface area contributed by atoms with Crippen LogP contribution in [0.3, 0.4) is 0 Å². The molecule has 0 bridgehead atoms. The minimum absolute atomic E-state index is 0. The molecule has 4 nitrogen and oxygen atoms in total. The quantitative estimate of drug-likeness (QED) is 0.393. The first kappa shape index (κ1) is 235. The van der Waals surface area contributed by atoms with Crippen LogP contribution in [0.5, 0.6) is 0 Å². The Bertz CT molecular complexity index is 6.90. The van der Waals surface area contributed by atoms with Crippen molar-refractivity contribution in [3.8, 4) is 0 Å². The molecule has 7 heteroatoms. The molecule has 0 spiro atoms. The molecule has 0 aliphatic carbocycles. The van der Waals surface area contributed by atoms with Gasteiger partial charge in [-0.3, -0.25) is 0 Å². The number of hydrogen-bond donors (Lipinski definition) is 0. The molecule has 0 unspecified atom stereocenters. The fourth-order valence-electron chi connectivity index (χ4n) is 0. The van der Waals surface area contributed by atoms with Crippen molar-refractivity contribution in [2.75, 3.05) is 0 Å². The van der Waals surface area contributed by atoms with Gasteiger partial charge in [0.25, 0.3) is 0 Å². The second-order valence-electron chi connectivity index (χ2n) is 0. The molecule has 8 N–H and O–H groups in total. The Hall–Kier alpha value is 1.40. The van der Waals surface area contributed by atoms with Crippen LogP contribution in [0.25, 0.3) is 0 Å². The molecule has 0 saturated heterocycles. The maximum absolute atomic E-state index is 0. The third kappa shape index (κ3) is 110. The summed E-state index contributed by atoms with van der Waals surface area (Å²) in [6.45, 7) is 0. The molecule has 0 radical (unpaired) electrons. The summed E-state index contributed by atoms with van der Waals surface area (Å²) in [7, 11) is 0. The summed E-state index contributed by atoms with van der Waals surface area (Å²) < 4.78 is 0. The zero-order valence-corrected chi connectivity index (χ0v) is 6.37. The van der Waals surface area contributed by atoms with Crippen LogP contribution in [0, 0.1) is 0 Å². The van der Waals surface area contributed by atoms with Crippen molar-refractivity contribution in [3.05, 3.63) is 0 Å². The predicted octanol–water partition coefficient (Wildman–Crippen LogP) is -3.31. The average Bonchev–Trinajstić information content (AvgIpc) is 0. The van der Waals surface area contributed by atoms with Gasteiger partial charge in [0, 0.05) is 51.2 Å². The van der Waals surface area contributed by atoms with E-state index in [0.29, 0.717) is 0 Å². The van der Waals surface area contributed by atoms with Gasteiger partial charge in [0.05, 0.1) is 0 Å². The third-order valence-corrected chi connectivity index (χ3v) is 0. The van der Waals surface area contributed by atoms with Gasteiger partial charge in [-0.1, -0.05) is 0 Å². The largest absolute Gasteiger partial charge is 0.412 e. The average molecular weight is 240 g/mol. The normalized spacial score (nSPS) is 0.